The molecule has 0 aromatic heterocycles. The van der Waals surface area contributed by atoms with Gasteiger partial charge in [0.2, 0.25) is 0 Å². The first kappa shape index (κ1) is 27.4. The van der Waals surface area contributed by atoms with Crippen molar-refractivity contribution in [1.29, 1.82) is 0 Å². The van der Waals surface area contributed by atoms with Crippen molar-refractivity contribution in [3.63, 3.8) is 0 Å². The van der Waals surface area contributed by atoms with E-state index in [0.29, 0.717) is 47.0 Å². The first-order valence-electron chi connectivity index (χ1n) is 15.1. The van der Waals surface area contributed by atoms with Gasteiger partial charge in [0.1, 0.15) is 0 Å². The molecule has 35 heavy (non-hydrogen) atoms. The third kappa shape index (κ3) is 5.35. The molecule has 0 aliphatic heterocycles. The zero-order valence-corrected chi connectivity index (χ0v) is 23.7. The van der Waals surface area contributed by atoms with E-state index in [1.165, 1.54) is 58.5 Å². The molecule has 4 aliphatic rings. The van der Waals surface area contributed by atoms with E-state index in [1.807, 2.05) is 0 Å². The number of carbonyl (C=O) groups is 1. The van der Waals surface area contributed by atoms with Crippen LogP contribution >= 0.6 is 0 Å². The van der Waals surface area contributed by atoms with Crippen LogP contribution < -0.4 is 5.32 Å². The maximum absolute atomic E-state index is 11.8. The highest BCUT2D eigenvalue weighted by Crippen LogP contribution is 2.68. The Bertz CT molecular complexity index is 724. The Morgan fingerprint density at radius 3 is 2.40 bits per heavy atom. The van der Waals surface area contributed by atoms with Crippen molar-refractivity contribution in [2.75, 3.05) is 13.7 Å². The maximum atomic E-state index is 11.8. The molecule has 0 aromatic rings. The van der Waals surface area contributed by atoms with Gasteiger partial charge in [-0.05, 0) is 129 Å². The Morgan fingerprint density at radius 1 is 0.971 bits per heavy atom. The number of carbonyl (C=O) groups excluding carboxylic acids is 1. The zero-order valence-electron chi connectivity index (χ0n) is 23.7. The lowest BCUT2D eigenvalue weighted by molar-refractivity contribution is -0.162. The van der Waals surface area contributed by atoms with Gasteiger partial charge in [0.15, 0.2) is 0 Å². The van der Waals surface area contributed by atoms with Crippen molar-refractivity contribution < 1.29 is 14.6 Å². The van der Waals surface area contributed by atoms with Gasteiger partial charge in [0.25, 0.3) is 0 Å². The summed E-state index contributed by atoms with van der Waals surface area (Å²) < 4.78 is 4.91. The van der Waals surface area contributed by atoms with Crippen LogP contribution in [0.1, 0.15) is 112 Å². The highest BCUT2D eigenvalue weighted by molar-refractivity contribution is 5.69. The number of aliphatic hydroxyl groups excluding tert-OH is 1. The van der Waals surface area contributed by atoms with E-state index in [2.05, 4.69) is 39.9 Å². The molecule has 0 saturated heterocycles. The Kier molecular flexibility index (Phi) is 8.63. The minimum absolute atomic E-state index is 0.0698. The molecular weight excluding hydrogens is 434 g/mol. The van der Waals surface area contributed by atoms with E-state index in [-0.39, 0.29) is 12.1 Å². The second-order valence-corrected chi connectivity index (χ2v) is 14.1. The van der Waals surface area contributed by atoms with Crippen molar-refractivity contribution in [3.8, 4) is 0 Å². The number of rotatable bonds is 9. The fraction of sp³-hybridized carbons (Fsp3) is 0.968. The Morgan fingerprint density at radius 2 is 1.69 bits per heavy atom. The zero-order chi connectivity index (χ0) is 25.4. The number of hydrogen-bond acceptors (Lipinski definition) is 4. The van der Waals surface area contributed by atoms with E-state index in [4.69, 9.17) is 4.74 Å². The van der Waals surface area contributed by atoms with Crippen molar-refractivity contribution in [3.05, 3.63) is 0 Å². The average Bonchev–Trinajstić information content (AvgIpc) is 3.18. The number of nitrogens with one attached hydrogen (secondary N) is 1. The molecule has 4 aliphatic carbocycles. The van der Waals surface area contributed by atoms with E-state index in [9.17, 15) is 9.90 Å². The molecule has 4 heteroatoms. The van der Waals surface area contributed by atoms with Crippen LogP contribution in [-0.2, 0) is 9.53 Å². The van der Waals surface area contributed by atoms with E-state index >= 15 is 0 Å². The molecule has 0 spiro atoms. The average molecular weight is 490 g/mol. The first-order chi connectivity index (χ1) is 16.6. The lowest BCUT2D eigenvalue weighted by atomic mass is 9.43. The van der Waals surface area contributed by atoms with Gasteiger partial charge in [-0.1, -0.05) is 34.6 Å². The topological polar surface area (TPSA) is 58.6 Å². The third-order valence-electron chi connectivity index (χ3n) is 11.9. The minimum Gasteiger partial charge on any atom is -0.469 e. The number of ether oxygens (including phenoxy) is 1. The summed E-state index contributed by atoms with van der Waals surface area (Å²) in [6, 6.07) is 0.590. The number of hydrogen-bond donors (Lipinski definition) is 2. The summed E-state index contributed by atoms with van der Waals surface area (Å²) in [4.78, 5) is 11.8. The highest BCUT2D eigenvalue weighted by Gasteiger charge is 2.62. The second-order valence-electron chi connectivity index (χ2n) is 14.1. The van der Waals surface area contributed by atoms with Crippen LogP contribution in [0.4, 0.5) is 0 Å². The standard InChI is InChI=1S/C31H55NO3/c1-20(2)8-7-17-32-22-13-15-31(5)26-14-16-30(4)24(21(3)9-12-29(34)35-6)10-11-25(30)23(26)19-28(33)27(31)18-22/h20-28,32-33H,7-19H2,1-6H3/t21-,22+,23?,24-,25?,26?,27-,28+,30-,31-/m1/s1. The second kappa shape index (κ2) is 11.0. The summed E-state index contributed by atoms with van der Waals surface area (Å²) in [5.41, 5.74) is 0.670. The van der Waals surface area contributed by atoms with Gasteiger partial charge in [-0.3, -0.25) is 4.79 Å². The lowest BCUT2D eigenvalue weighted by Crippen LogP contribution is -2.59. The summed E-state index contributed by atoms with van der Waals surface area (Å²) >= 11 is 0. The summed E-state index contributed by atoms with van der Waals surface area (Å²) in [6.45, 7) is 13.2. The molecule has 202 valence electrons. The van der Waals surface area contributed by atoms with Crippen LogP contribution in [-0.4, -0.2) is 36.9 Å². The van der Waals surface area contributed by atoms with Crippen molar-refractivity contribution >= 4 is 5.97 Å². The summed E-state index contributed by atoms with van der Waals surface area (Å²) in [6.07, 6.45) is 14.0. The Balaban J connectivity index is 1.40. The smallest absolute Gasteiger partial charge is 0.305 e. The molecule has 0 heterocycles. The van der Waals surface area contributed by atoms with E-state index in [1.54, 1.807) is 0 Å². The molecule has 0 bridgehead atoms. The fourth-order valence-corrected chi connectivity index (χ4v) is 9.93. The van der Waals surface area contributed by atoms with Gasteiger partial charge in [0.05, 0.1) is 13.2 Å². The normalized spacial score (nSPS) is 43.8. The monoisotopic (exact) mass is 489 g/mol. The fourth-order valence-electron chi connectivity index (χ4n) is 9.93. The molecule has 3 unspecified atom stereocenters. The Hall–Kier alpha value is -0.610. The summed E-state index contributed by atoms with van der Waals surface area (Å²) in [5, 5.41) is 15.4. The molecule has 4 saturated carbocycles. The largest absolute Gasteiger partial charge is 0.469 e. The Labute approximate surface area is 215 Å². The quantitative estimate of drug-likeness (QED) is 0.283. The van der Waals surface area contributed by atoms with E-state index in [0.717, 1.165) is 43.6 Å². The van der Waals surface area contributed by atoms with Crippen LogP contribution in [0.3, 0.4) is 0 Å². The summed E-state index contributed by atoms with van der Waals surface area (Å²) in [5.74, 6) is 4.64. The number of aliphatic hydroxyl groups is 1. The van der Waals surface area contributed by atoms with Crippen LogP contribution in [0.2, 0.25) is 0 Å². The van der Waals surface area contributed by atoms with Gasteiger partial charge in [-0.15, -0.1) is 0 Å². The van der Waals surface area contributed by atoms with Gasteiger partial charge < -0.3 is 15.2 Å². The van der Waals surface area contributed by atoms with Crippen LogP contribution in [0.25, 0.3) is 0 Å². The number of methoxy groups -OCH3 is 1. The van der Waals surface area contributed by atoms with Gasteiger partial charge >= 0.3 is 5.97 Å². The molecule has 2 N–H and O–H groups in total. The molecule has 4 nitrogen and oxygen atoms in total. The van der Waals surface area contributed by atoms with Crippen molar-refractivity contribution in [1.82, 2.24) is 5.32 Å². The maximum Gasteiger partial charge on any atom is 0.305 e. The first-order valence-corrected chi connectivity index (χ1v) is 15.1. The lowest BCUT2D eigenvalue weighted by Gasteiger charge is -2.62. The molecule has 0 amide bonds. The molecule has 0 radical (unpaired) electrons. The molecule has 4 rings (SSSR count). The SMILES string of the molecule is COC(=O)CC[C@@H](C)[C@H]1CCC2C3C[C@H](O)[C@H]4C[C@@H](NCCCC(C)C)CC[C@]4(C)C3CC[C@@]21C. The number of esters is 1. The van der Waals surface area contributed by atoms with Crippen LogP contribution in [0, 0.1) is 52.3 Å². The predicted octanol–water partition coefficient (Wildman–Crippen LogP) is 6.60. The van der Waals surface area contributed by atoms with E-state index < -0.39 is 0 Å². The molecule has 10 atom stereocenters. The predicted molar refractivity (Wildman–Crippen MR) is 143 cm³/mol. The van der Waals surface area contributed by atoms with Crippen molar-refractivity contribution in [2.45, 2.75) is 124 Å². The third-order valence-corrected chi connectivity index (χ3v) is 11.9. The highest BCUT2D eigenvalue weighted by atomic mass is 16.5. The van der Waals surface area contributed by atoms with Crippen molar-refractivity contribution in [2.24, 2.45) is 52.3 Å². The number of fused-ring (bicyclic) bond motifs is 5. The molecule has 0 aromatic carbocycles. The summed E-state index contributed by atoms with van der Waals surface area (Å²) in [7, 11) is 1.50. The minimum atomic E-state index is -0.139. The van der Waals surface area contributed by atoms with Crippen LogP contribution in [0.15, 0.2) is 0 Å². The molecular formula is C31H55NO3. The van der Waals surface area contributed by atoms with Gasteiger partial charge in [0, 0.05) is 12.5 Å². The van der Waals surface area contributed by atoms with Crippen LogP contribution in [0.5, 0.6) is 0 Å². The van der Waals surface area contributed by atoms with Gasteiger partial charge in [-0.25, -0.2) is 0 Å². The van der Waals surface area contributed by atoms with Gasteiger partial charge in [-0.2, -0.15) is 0 Å². The molecule has 4 fully saturated rings.